The Morgan fingerprint density at radius 3 is 2.29 bits per heavy atom. The quantitative estimate of drug-likeness (QED) is 0.700. The zero-order valence-electron chi connectivity index (χ0n) is 8.22. The highest BCUT2D eigenvalue weighted by atomic mass is 19.4. The third kappa shape index (κ3) is 2.59. The van der Waals surface area contributed by atoms with Gasteiger partial charge in [-0.25, -0.2) is 0 Å². The van der Waals surface area contributed by atoms with Crippen LogP contribution in [0.2, 0.25) is 0 Å². The molecule has 84 valence electrons. The smallest absolute Gasteiger partial charge is 0.369 e. The molecular weight excluding hydrogens is 201 g/mol. The molecule has 1 saturated heterocycles. The standard InChI is InChI=1S/C8H13F3O3/c1-7(2)13-4-5(14-7)6(12-3)8(9,10)11/h5-6H,4H2,1-3H3/t5-,6+/m1/s1. The van der Waals surface area contributed by atoms with E-state index in [0.717, 1.165) is 7.11 Å². The molecule has 3 nitrogen and oxygen atoms in total. The van der Waals surface area contributed by atoms with Crippen LogP contribution in [0.15, 0.2) is 0 Å². The van der Waals surface area contributed by atoms with Gasteiger partial charge >= 0.3 is 6.18 Å². The summed E-state index contributed by atoms with van der Waals surface area (Å²) < 4.78 is 51.5. The largest absolute Gasteiger partial charge is 0.417 e. The molecule has 0 bridgehead atoms. The summed E-state index contributed by atoms with van der Waals surface area (Å²) >= 11 is 0. The molecule has 0 unspecified atom stereocenters. The molecule has 6 heteroatoms. The maximum atomic E-state index is 12.4. The lowest BCUT2D eigenvalue weighted by Crippen LogP contribution is -2.43. The van der Waals surface area contributed by atoms with E-state index < -0.39 is 24.2 Å². The molecule has 0 aromatic heterocycles. The Morgan fingerprint density at radius 1 is 1.43 bits per heavy atom. The monoisotopic (exact) mass is 214 g/mol. The van der Waals surface area contributed by atoms with Crippen molar-refractivity contribution < 1.29 is 27.4 Å². The number of methoxy groups -OCH3 is 1. The lowest BCUT2D eigenvalue weighted by molar-refractivity contribution is -0.249. The number of hydrogen-bond donors (Lipinski definition) is 0. The summed E-state index contributed by atoms with van der Waals surface area (Å²) in [6, 6.07) is 0. The summed E-state index contributed by atoms with van der Waals surface area (Å²) in [6.45, 7) is 3.03. The van der Waals surface area contributed by atoms with Crippen molar-refractivity contribution in [2.75, 3.05) is 13.7 Å². The van der Waals surface area contributed by atoms with E-state index in [9.17, 15) is 13.2 Å². The van der Waals surface area contributed by atoms with Gasteiger partial charge in [0.1, 0.15) is 6.10 Å². The Morgan fingerprint density at radius 2 is 2.00 bits per heavy atom. The van der Waals surface area contributed by atoms with Crippen molar-refractivity contribution >= 4 is 0 Å². The van der Waals surface area contributed by atoms with E-state index in [1.165, 1.54) is 0 Å². The van der Waals surface area contributed by atoms with Gasteiger partial charge in [-0.2, -0.15) is 13.2 Å². The average molecular weight is 214 g/mol. The number of rotatable bonds is 2. The van der Waals surface area contributed by atoms with Gasteiger partial charge < -0.3 is 14.2 Å². The van der Waals surface area contributed by atoms with Crippen molar-refractivity contribution in [2.24, 2.45) is 0 Å². The molecule has 1 heterocycles. The summed E-state index contributed by atoms with van der Waals surface area (Å²) in [7, 11) is 1.01. The third-order valence-corrected chi connectivity index (χ3v) is 1.94. The van der Waals surface area contributed by atoms with Crippen LogP contribution in [0, 0.1) is 0 Å². The first kappa shape index (κ1) is 11.7. The van der Waals surface area contributed by atoms with Crippen LogP contribution in [-0.4, -0.2) is 37.9 Å². The van der Waals surface area contributed by atoms with E-state index in [0.29, 0.717) is 0 Å². The highest BCUT2D eigenvalue weighted by Crippen LogP contribution is 2.32. The summed E-state index contributed by atoms with van der Waals surface area (Å²) in [6.07, 6.45) is -7.44. The van der Waals surface area contributed by atoms with Gasteiger partial charge in [-0.15, -0.1) is 0 Å². The van der Waals surface area contributed by atoms with Crippen LogP contribution in [0.3, 0.4) is 0 Å². The highest BCUT2D eigenvalue weighted by molar-refractivity contribution is 4.83. The lowest BCUT2D eigenvalue weighted by atomic mass is 10.2. The number of ether oxygens (including phenoxy) is 3. The van der Waals surface area contributed by atoms with Gasteiger partial charge in [0, 0.05) is 7.11 Å². The van der Waals surface area contributed by atoms with Crippen molar-refractivity contribution in [1.82, 2.24) is 0 Å². The molecule has 0 N–H and O–H groups in total. The van der Waals surface area contributed by atoms with Gasteiger partial charge in [0.05, 0.1) is 6.61 Å². The van der Waals surface area contributed by atoms with Crippen LogP contribution in [0.1, 0.15) is 13.8 Å². The average Bonchev–Trinajstić information content (AvgIpc) is 2.29. The summed E-state index contributed by atoms with van der Waals surface area (Å²) in [5, 5.41) is 0. The summed E-state index contributed by atoms with van der Waals surface area (Å²) in [5.74, 6) is -0.966. The Balaban J connectivity index is 2.65. The van der Waals surface area contributed by atoms with Crippen LogP contribution < -0.4 is 0 Å². The zero-order valence-corrected chi connectivity index (χ0v) is 8.22. The molecule has 1 fully saturated rings. The first-order chi connectivity index (χ1) is 6.26. The minimum Gasteiger partial charge on any atom is -0.369 e. The molecule has 0 saturated carbocycles. The zero-order chi connectivity index (χ0) is 11.0. The highest BCUT2D eigenvalue weighted by Gasteiger charge is 2.50. The van der Waals surface area contributed by atoms with Gasteiger partial charge in [0.25, 0.3) is 0 Å². The molecule has 14 heavy (non-hydrogen) atoms. The van der Waals surface area contributed by atoms with Crippen LogP contribution in [0.4, 0.5) is 13.2 Å². The number of halogens is 3. The first-order valence-corrected chi connectivity index (χ1v) is 4.17. The summed E-state index contributed by atoms with van der Waals surface area (Å²) in [4.78, 5) is 0. The normalized spacial score (nSPS) is 29.1. The maximum Gasteiger partial charge on any atom is 0.417 e. The SMILES string of the molecule is CO[C@@H]([C@H]1COC(C)(C)O1)C(F)(F)F. The second-order valence-electron chi connectivity index (χ2n) is 3.57. The Labute approximate surface area is 80.1 Å². The fraction of sp³-hybridized carbons (Fsp3) is 1.00. The molecule has 0 aliphatic carbocycles. The van der Waals surface area contributed by atoms with E-state index in [1.807, 2.05) is 0 Å². The van der Waals surface area contributed by atoms with Crippen molar-refractivity contribution in [1.29, 1.82) is 0 Å². The van der Waals surface area contributed by atoms with Gasteiger partial charge in [-0.3, -0.25) is 0 Å². The van der Waals surface area contributed by atoms with E-state index in [1.54, 1.807) is 13.8 Å². The number of hydrogen-bond acceptors (Lipinski definition) is 3. The lowest BCUT2D eigenvalue weighted by Gasteiger charge is -2.24. The topological polar surface area (TPSA) is 27.7 Å². The Kier molecular flexibility index (Phi) is 3.08. The molecule has 2 atom stereocenters. The Hall–Kier alpha value is -0.330. The van der Waals surface area contributed by atoms with Gasteiger partial charge in [0.15, 0.2) is 11.9 Å². The van der Waals surface area contributed by atoms with Crippen LogP contribution in [0.5, 0.6) is 0 Å². The number of alkyl halides is 3. The van der Waals surface area contributed by atoms with Gasteiger partial charge in [-0.1, -0.05) is 0 Å². The fourth-order valence-electron chi connectivity index (χ4n) is 1.36. The first-order valence-electron chi connectivity index (χ1n) is 4.17. The minimum absolute atomic E-state index is 0.106. The summed E-state index contributed by atoms with van der Waals surface area (Å²) in [5.41, 5.74) is 0. The molecule has 1 aliphatic rings. The molecule has 1 aliphatic heterocycles. The van der Waals surface area contributed by atoms with E-state index >= 15 is 0 Å². The van der Waals surface area contributed by atoms with Crippen molar-refractivity contribution in [3.05, 3.63) is 0 Å². The predicted octanol–water partition coefficient (Wildman–Crippen LogP) is 1.72. The molecule has 0 radical (unpaired) electrons. The van der Waals surface area contributed by atoms with Crippen LogP contribution in [-0.2, 0) is 14.2 Å². The van der Waals surface area contributed by atoms with Gasteiger partial charge in [0.2, 0.25) is 0 Å². The molecule has 0 aromatic carbocycles. The van der Waals surface area contributed by atoms with E-state index in [4.69, 9.17) is 9.47 Å². The van der Waals surface area contributed by atoms with Crippen molar-refractivity contribution in [3.63, 3.8) is 0 Å². The second-order valence-corrected chi connectivity index (χ2v) is 3.57. The van der Waals surface area contributed by atoms with E-state index in [-0.39, 0.29) is 6.61 Å². The van der Waals surface area contributed by atoms with Gasteiger partial charge in [-0.05, 0) is 13.8 Å². The molecule has 0 aromatic rings. The Bertz CT molecular complexity index is 202. The second kappa shape index (κ2) is 3.67. The maximum absolute atomic E-state index is 12.4. The predicted molar refractivity (Wildman–Crippen MR) is 41.8 cm³/mol. The molecule has 0 spiro atoms. The van der Waals surface area contributed by atoms with Crippen molar-refractivity contribution in [2.45, 2.75) is 38.0 Å². The minimum atomic E-state index is -4.43. The van der Waals surface area contributed by atoms with Crippen LogP contribution in [0.25, 0.3) is 0 Å². The molecule has 1 rings (SSSR count). The fourth-order valence-corrected chi connectivity index (χ4v) is 1.36. The van der Waals surface area contributed by atoms with E-state index in [2.05, 4.69) is 4.74 Å². The third-order valence-electron chi connectivity index (χ3n) is 1.94. The molecule has 0 amide bonds. The molecular formula is C8H13F3O3. The van der Waals surface area contributed by atoms with Crippen LogP contribution >= 0.6 is 0 Å². The van der Waals surface area contributed by atoms with Crippen molar-refractivity contribution in [3.8, 4) is 0 Å².